The monoisotopic (exact) mass is 464 g/mol. The van der Waals surface area contributed by atoms with Crippen LogP contribution in [0.25, 0.3) is 0 Å². The second-order valence-corrected chi connectivity index (χ2v) is 9.72. The molecule has 1 fully saturated rings. The van der Waals surface area contributed by atoms with Crippen LogP contribution in [0.1, 0.15) is 10.4 Å². The Hall–Kier alpha value is -2.62. The Morgan fingerprint density at radius 1 is 1.03 bits per heavy atom. The molecule has 2 aromatic rings. The topological polar surface area (TPSA) is 90.0 Å². The van der Waals surface area contributed by atoms with Gasteiger partial charge in [-0.25, -0.2) is 8.42 Å². The molecule has 31 heavy (non-hydrogen) atoms. The van der Waals surface area contributed by atoms with Gasteiger partial charge in [-0.1, -0.05) is 29.8 Å². The van der Waals surface area contributed by atoms with Crippen LogP contribution < -0.4 is 5.32 Å². The number of carbonyl (C=O) groups excluding carboxylic acids is 2. The van der Waals surface area contributed by atoms with Crippen molar-refractivity contribution in [3.05, 3.63) is 59.1 Å². The maximum atomic E-state index is 12.7. The predicted molar refractivity (Wildman–Crippen MR) is 120 cm³/mol. The van der Waals surface area contributed by atoms with E-state index in [0.717, 1.165) is 0 Å². The van der Waals surface area contributed by atoms with Crippen molar-refractivity contribution in [1.29, 1.82) is 0 Å². The summed E-state index contributed by atoms with van der Waals surface area (Å²) in [5.41, 5.74) is 0.894. The minimum Gasteiger partial charge on any atom is -0.375 e. The summed E-state index contributed by atoms with van der Waals surface area (Å²) in [5, 5.41) is 3.45. The molecule has 10 heteroatoms. The molecule has 0 aliphatic carbocycles. The molecule has 0 aromatic heterocycles. The molecule has 2 amide bonds. The van der Waals surface area contributed by atoms with E-state index in [1.54, 1.807) is 67.5 Å². The number of anilines is 1. The highest BCUT2D eigenvalue weighted by Crippen LogP contribution is 2.22. The molecule has 0 radical (unpaired) electrons. The molecule has 166 valence electrons. The first-order valence-electron chi connectivity index (χ1n) is 9.78. The van der Waals surface area contributed by atoms with Crippen molar-refractivity contribution in [1.82, 2.24) is 14.1 Å². The summed E-state index contributed by atoms with van der Waals surface area (Å²) in [7, 11) is -0.276. The number of halogens is 1. The van der Waals surface area contributed by atoms with E-state index in [9.17, 15) is 18.0 Å². The molecule has 1 saturated heterocycles. The number of sulfonamides is 1. The molecule has 8 nitrogen and oxygen atoms in total. The summed E-state index contributed by atoms with van der Waals surface area (Å²) in [4.78, 5) is 28.3. The second kappa shape index (κ2) is 9.67. The minimum atomic E-state index is -3.57. The standard InChI is InChI=1S/C21H25ClN4O4S/c1-24(2)21(28)18-9-8-16(22)14-19(18)23-15-20(27)25-10-12-26(13-11-25)31(29,30)17-6-4-3-5-7-17/h3-9,14,23H,10-13,15H2,1-2H3. The van der Waals surface area contributed by atoms with Crippen LogP contribution in [-0.4, -0.2) is 81.2 Å². The van der Waals surface area contributed by atoms with Crippen LogP contribution in [0.5, 0.6) is 0 Å². The van der Waals surface area contributed by atoms with Gasteiger partial charge < -0.3 is 15.1 Å². The van der Waals surface area contributed by atoms with Gasteiger partial charge in [-0.2, -0.15) is 4.31 Å². The van der Waals surface area contributed by atoms with E-state index >= 15 is 0 Å². The summed E-state index contributed by atoms with van der Waals surface area (Å²) in [6.45, 7) is 1.02. The smallest absolute Gasteiger partial charge is 0.255 e. The summed E-state index contributed by atoms with van der Waals surface area (Å²) in [6, 6.07) is 13.1. The van der Waals surface area contributed by atoms with E-state index in [1.807, 2.05) is 0 Å². The predicted octanol–water partition coefficient (Wildman–Crippen LogP) is 1.99. The lowest BCUT2D eigenvalue weighted by Gasteiger charge is -2.34. The third kappa shape index (κ3) is 5.36. The number of nitrogens with zero attached hydrogens (tertiary/aromatic N) is 3. The third-order valence-corrected chi connectivity index (χ3v) is 7.17. The SMILES string of the molecule is CN(C)C(=O)c1ccc(Cl)cc1NCC(=O)N1CCN(S(=O)(=O)c2ccccc2)CC1. The Kier molecular flexibility index (Phi) is 7.19. The van der Waals surface area contributed by atoms with Gasteiger partial charge in [0.2, 0.25) is 15.9 Å². The number of hydrogen-bond donors (Lipinski definition) is 1. The van der Waals surface area contributed by atoms with E-state index < -0.39 is 10.0 Å². The fourth-order valence-electron chi connectivity index (χ4n) is 3.29. The molecule has 3 rings (SSSR count). The Bertz CT molecular complexity index is 1050. The average molecular weight is 465 g/mol. The quantitative estimate of drug-likeness (QED) is 0.706. The highest BCUT2D eigenvalue weighted by atomic mass is 35.5. The molecular weight excluding hydrogens is 440 g/mol. The van der Waals surface area contributed by atoms with Crippen molar-refractivity contribution < 1.29 is 18.0 Å². The first-order chi connectivity index (χ1) is 14.7. The first-order valence-corrected chi connectivity index (χ1v) is 11.6. The highest BCUT2D eigenvalue weighted by molar-refractivity contribution is 7.89. The van der Waals surface area contributed by atoms with Crippen molar-refractivity contribution in [2.75, 3.05) is 52.1 Å². The van der Waals surface area contributed by atoms with Gasteiger partial charge in [0, 0.05) is 51.0 Å². The zero-order chi connectivity index (χ0) is 22.6. The molecule has 1 heterocycles. The van der Waals surface area contributed by atoms with Crippen LogP contribution >= 0.6 is 11.6 Å². The molecular formula is C21H25ClN4O4S. The van der Waals surface area contributed by atoms with E-state index in [4.69, 9.17) is 11.6 Å². The van der Waals surface area contributed by atoms with Crippen molar-refractivity contribution >= 4 is 39.1 Å². The van der Waals surface area contributed by atoms with Gasteiger partial charge in [-0.05, 0) is 30.3 Å². The molecule has 0 unspecified atom stereocenters. The summed E-state index contributed by atoms with van der Waals surface area (Å²) in [6.07, 6.45) is 0. The highest BCUT2D eigenvalue weighted by Gasteiger charge is 2.30. The summed E-state index contributed by atoms with van der Waals surface area (Å²) in [5.74, 6) is -0.383. The lowest BCUT2D eigenvalue weighted by molar-refractivity contribution is -0.130. The Labute approximate surface area is 187 Å². The zero-order valence-electron chi connectivity index (χ0n) is 17.4. The number of nitrogens with one attached hydrogen (secondary N) is 1. The Balaban J connectivity index is 1.60. The second-order valence-electron chi connectivity index (χ2n) is 7.34. The molecule has 0 bridgehead atoms. The molecule has 0 saturated carbocycles. The number of amides is 2. The summed E-state index contributed by atoms with van der Waals surface area (Å²) < 4.78 is 26.8. The molecule has 2 aromatic carbocycles. The van der Waals surface area contributed by atoms with Crippen molar-refractivity contribution in [3.8, 4) is 0 Å². The molecule has 1 N–H and O–H groups in total. The largest absolute Gasteiger partial charge is 0.375 e. The van der Waals surface area contributed by atoms with Gasteiger partial charge in [0.05, 0.1) is 17.0 Å². The lowest BCUT2D eigenvalue weighted by Crippen LogP contribution is -2.51. The molecule has 0 spiro atoms. The summed E-state index contributed by atoms with van der Waals surface area (Å²) >= 11 is 6.05. The van der Waals surface area contributed by atoms with Gasteiger partial charge >= 0.3 is 0 Å². The van der Waals surface area contributed by atoms with Crippen LogP contribution in [-0.2, 0) is 14.8 Å². The Morgan fingerprint density at radius 3 is 2.29 bits per heavy atom. The first kappa shape index (κ1) is 23.1. The van der Waals surface area contributed by atoms with Crippen molar-refractivity contribution in [2.45, 2.75) is 4.90 Å². The Morgan fingerprint density at radius 2 is 1.68 bits per heavy atom. The minimum absolute atomic E-state index is 0.0283. The van der Waals surface area contributed by atoms with Crippen molar-refractivity contribution in [2.24, 2.45) is 0 Å². The van der Waals surface area contributed by atoms with Gasteiger partial charge in [0.1, 0.15) is 0 Å². The van der Waals surface area contributed by atoms with Crippen LogP contribution in [0.2, 0.25) is 5.02 Å². The van der Waals surface area contributed by atoms with Gasteiger partial charge in [0.25, 0.3) is 5.91 Å². The normalized spacial score (nSPS) is 14.9. The fraction of sp³-hybridized carbons (Fsp3) is 0.333. The molecule has 0 atom stereocenters. The van der Waals surface area contributed by atoms with Crippen LogP contribution in [0.15, 0.2) is 53.4 Å². The van der Waals surface area contributed by atoms with Gasteiger partial charge in [0.15, 0.2) is 0 Å². The van der Waals surface area contributed by atoms with Crippen LogP contribution in [0.3, 0.4) is 0 Å². The average Bonchev–Trinajstić information content (AvgIpc) is 2.77. The third-order valence-electron chi connectivity index (χ3n) is 5.02. The molecule has 1 aliphatic rings. The van der Waals surface area contributed by atoms with E-state index in [-0.39, 0.29) is 36.3 Å². The zero-order valence-corrected chi connectivity index (χ0v) is 19.0. The maximum absolute atomic E-state index is 12.7. The van der Waals surface area contributed by atoms with E-state index in [1.165, 1.54) is 9.21 Å². The number of hydrogen-bond acceptors (Lipinski definition) is 5. The number of piperazine rings is 1. The number of carbonyl (C=O) groups is 2. The van der Waals surface area contributed by atoms with Crippen molar-refractivity contribution in [3.63, 3.8) is 0 Å². The van der Waals surface area contributed by atoms with Gasteiger partial charge in [-0.15, -0.1) is 0 Å². The number of rotatable bonds is 6. The van der Waals surface area contributed by atoms with Crippen LogP contribution in [0, 0.1) is 0 Å². The molecule has 1 aliphatic heterocycles. The fourth-order valence-corrected chi connectivity index (χ4v) is 4.91. The number of benzene rings is 2. The van der Waals surface area contributed by atoms with E-state index in [0.29, 0.717) is 29.4 Å². The maximum Gasteiger partial charge on any atom is 0.255 e. The lowest BCUT2D eigenvalue weighted by atomic mass is 10.1. The van der Waals surface area contributed by atoms with Gasteiger partial charge in [-0.3, -0.25) is 9.59 Å². The van der Waals surface area contributed by atoms with E-state index in [2.05, 4.69) is 5.32 Å². The van der Waals surface area contributed by atoms with Crippen LogP contribution in [0.4, 0.5) is 5.69 Å².